The molecule has 0 amide bonds. The van der Waals surface area contributed by atoms with Crippen molar-refractivity contribution in [1.82, 2.24) is 4.57 Å². The molecular weight excluding hydrogens is 372 g/mol. The standard InChI is InChI=1S/C22H19BrN2/c1-15-5-4-6-22(11-15)25-16(2)12-19(17(25)3)13-20(14-24)18-7-9-21(23)10-8-18/h4-13H,1-3H3/b20-13-. The third kappa shape index (κ3) is 3.60. The number of aromatic nitrogens is 1. The Labute approximate surface area is 157 Å². The van der Waals surface area contributed by atoms with Gasteiger partial charge in [0.1, 0.15) is 0 Å². The summed E-state index contributed by atoms with van der Waals surface area (Å²) >= 11 is 3.43. The summed E-state index contributed by atoms with van der Waals surface area (Å²) in [5, 5.41) is 9.59. The zero-order valence-electron chi connectivity index (χ0n) is 14.5. The summed E-state index contributed by atoms with van der Waals surface area (Å²) < 4.78 is 3.24. The van der Waals surface area contributed by atoms with Gasteiger partial charge in [-0.15, -0.1) is 0 Å². The summed E-state index contributed by atoms with van der Waals surface area (Å²) in [5.74, 6) is 0. The molecule has 0 bridgehead atoms. The van der Waals surface area contributed by atoms with Crippen molar-refractivity contribution in [2.75, 3.05) is 0 Å². The molecule has 0 aliphatic carbocycles. The Morgan fingerprint density at radius 1 is 1.04 bits per heavy atom. The second-order valence-electron chi connectivity index (χ2n) is 6.18. The first-order valence-corrected chi connectivity index (χ1v) is 8.92. The van der Waals surface area contributed by atoms with Gasteiger partial charge in [0.15, 0.2) is 0 Å². The van der Waals surface area contributed by atoms with E-state index in [1.54, 1.807) is 0 Å². The minimum atomic E-state index is 0.664. The SMILES string of the molecule is Cc1cccc(-n2c(C)cc(/C=C(/C#N)c3ccc(Br)cc3)c2C)c1. The van der Waals surface area contributed by atoms with Crippen molar-refractivity contribution in [2.24, 2.45) is 0 Å². The number of allylic oxidation sites excluding steroid dienone is 1. The Morgan fingerprint density at radius 3 is 2.40 bits per heavy atom. The summed E-state index contributed by atoms with van der Waals surface area (Å²) in [6.07, 6.45) is 1.97. The lowest BCUT2D eigenvalue weighted by atomic mass is 10.0. The van der Waals surface area contributed by atoms with Crippen molar-refractivity contribution in [3.63, 3.8) is 0 Å². The molecule has 0 atom stereocenters. The van der Waals surface area contributed by atoms with Crippen molar-refractivity contribution >= 4 is 27.6 Å². The summed E-state index contributed by atoms with van der Waals surface area (Å²) in [7, 11) is 0. The maximum Gasteiger partial charge on any atom is 0.0998 e. The van der Waals surface area contributed by atoms with Gasteiger partial charge in [0.25, 0.3) is 0 Å². The lowest BCUT2D eigenvalue weighted by Gasteiger charge is -2.10. The molecule has 3 heteroatoms. The minimum Gasteiger partial charge on any atom is -0.318 e. The highest BCUT2D eigenvalue weighted by molar-refractivity contribution is 9.10. The second kappa shape index (κ2) is 7.13. The van der Waals surface area contributed by atoms with Crippen molar-refractivity contribution in [2.45, 2.75) is 20.8 Å². The molecule has 0 fully saturated rings. The van der Waals surface area contributed by atoms with Crippen molar-refractivity contribution in [3.8, 4) is 11.8 Å². The molecule has 0 spiro atoms. The van der Waals surface area contributed by atoms with Gasteiger partial charge in [-0.1, -0.05) is 40.2 Å². The smallest absolute Gasteiger partial charge is 0.0998 e. The van der Waals surface area contributed by atoms with Crippen LogP contribution in [0.2, 0.25) is 0 Å². The molecule has 2 aromatic carbocycles. The van der Waals surface area contributed by atoms with Gasteiger partial charge >= 0.3 is 0 Å². The van der Waals surface area contributed by atoms with E-state index in [2.05, 4.69) is 77.7 Å². The van der Waals surface area contributed by atoms with Crippen LogP contribution in [0.25, 0.3) is 17.3 Å². The molecule has 0 radical (unpaired) electrons. The zero-order valence-corrected chi connectivity index (χ0v) is 16.1. The molecule has 0 aliphatic heterocycles. The quantitative estimate of drug-likeness (QED) is 0.487. The third-order valence-corrected chi connectivity index (χ3v) is 4.83. The molecule has 0 unspecified atom stereocenters. The van der Waals surface area contributed by atoms with Crippen LogP contribution in [0.1, 0.15) is 28.1 Å². The van der Waals surface area contributed by atoms with Gasteiger partial charge in [-0.25, -0.2) is 0 Å². The van der Waals surface area contributed by atoms with E-state index in [1.165, 1.54) is 5.56 Å². The van der Waals surface area contributed by atoms with Crippen LogP contribution >= 0.6 is 15.9 Å². The lowest BCUT2D eigenvalue weighted by molar-refractivity contribution is 0.962. The predicted molar refractivity (Wildman–Crippen MR) is 108 cm³/mol. The molecule has 3 rings (SSSR count). The van der Waals surface area contributed by atoms with E-state index in [0.717, 1.165) is 32.7 Å². The second-order valence-corrected chi connectivity index (χ2v) is 7.09. The number of hydrogen-bond acceptors (Lipinski definition) is 1. The van der Waals surface area contributed by atoms with Gasteiger partial charge < -0.3 is 4.57 Å². The summed E-state index contributed by atoms with van der Waals surface area (Å²) in [4.78, 5) is 0. The van der Waals surface area contributed by atoms with Crippen LogP contribution in [-0.4, -0.2) is 4.57 Å². The van der Waals surface area contributed by atoms with Crippen LogP contribution in [0.4, 0.5) is 0 Å². The number of benzene rings is 2. The largest absolute Gasteiger partial charge is 0.318 e. The Morgan fingerprint density at radius 2 is 1.76 bits per heavy atom. The highest BCUT2D eigenvalue weighted by Gasteiger charge is 2.11. The summed E-state index contributed by atoms with van der Waals surface area (Å²) in [6.45, 7) is 6.29. The number of nitriles is 1. The average Bonchev–Trinajstić information content (AvgIpc) is 2.87. The van der Waals surface area contributed by atoms with Crippen LogP contribution in [0.5, 0.6) is 0 Å². The van der Waals surface area contributed by atoms with Crippen LogP contribution in [0, 0.1) is 32.1 Å². The van der Waals surface area contributed by atoms with Gasteiger partial charge in [0, 0.05) is 21.5 Å². The first kappa shape index (κ1) is 17.3. The predicted octanol–water partition coefficient (Wildman–Crippen LogP) is 6.23. The fourth-order valence-corrected chi connectivity index (χ4v) is 3.33. The summed E-state index contributed by atoms with van der Waals surface area (Å²) in [6, 6.07) is 20.7. The monoisotopic (exact) mass is 390 g/mol. The number of hydrogen-bond donors (Lipinski definition) is 0. The number of aryl methyl sites for hydroxylation is 2. The van der Waals surface area contributed by atoms with E-state index in [4.69, 9.17) is 0 Å². The van der Waals surface area contributed by atoms with Crippen molar-refractivity contribution < 1.29 is 0 Å². The van der Waals surface area contributed by atoms with Crippen LogP contribution in [-0.2, 0) is 0 Å². The molecular formula is C22H19BrN2. The molecule has 124 valence electrons. The van der Waals surface area contributed by atoms with Gasteiger partial charge in [-0.2, -0.15) is 5.26 Å². The van der Waals surface area contributed by atoms with E-state index in [-0.39, 0.29) is 0 Å². The van der Waals surface area contributed by atoms with Crippen LogP contribution in [0.15, 0.2) is 59.1 Å². The normalized spacial score (nSPS) is 11.4. The molecule has 25 heavy (non-hydrogen) atoms. The van der Waals surface area contributed by atoms with E-state index < -0.39 is 0 Å². The fraction of sp³-hybridized carbons (Fsp3) is 0.136. The maximum absolute atomic E-state index is 9.59. The zero-order chi connectivity index (χ0) is 18.0. The van der Waals surface area contributed by atoms with Crippen molar-refractivity contribution in [3.05, 3.63) is 87.1 Å². The molecule has 1 heterocycles. The Bertz CT molecular complexity index is 986. The molecule has 0 aliphatic rings. The Hall–Kier alpha value is -2.57. The van der Waals surface area contributed by atoms with Gasteiger partial charge in [-0.3, -0.25) is 0 Å². The van der Waals surface area contributed by atoms with Gasteiger partial charge in [0.05, 0.1) is 11.6 Å². The number of rotatable bonds is 3. The summed E-state index contributed by atoms with van der Waals surface area (Å²) in [5.41, 5.74) is 7.32. The fourth-order valence-electron chi connectivity index (χ4n) is 3.06. The minimum absolute atomic E-state index is 0.664. The molecule has 2 nitrogen and oxygen atoms in total. The highest BCUT2D eigenvalue weighted by atomic mass is 79.9. The number of nitrogens with zero attached hydrogens (tertiary/aromatic N) is 2. The number of halogens is 1. The van der Waals surface area contributed by atoms with Crippen LogP contribution in [0.3, 0.4) is 0 Å². The first-order valence-electron chi connectivity index (χ1n) is 8.13. The van der Waals surface area contributed by atoms with Gasteiger partial charge in [0.2, 0.25) is 0 Å². The molecule has 3 aromatic rings. The Kier molecular flexibility index (Phi) is 4.92. The molecule has 0 saturated carbocycles. The lowest BCUT2D eigenvalue weighted by Crippen LogP contribution is -1.99. The van der Waals surface area contributed by atoms with Gasteiger partial charge in [-0.05, 0) is 73.9 Å². The van der Waals surface area contributed by atoms with Crippen LogP contribution < -0.4 is 0 Å². The molecule has 0 saturated heterocycles. The van der Waals surface area contributed by atoms with Crippen molar-refractivity contribution in [1.29, 1.82) is 5.26 Å². The third-order valence-electron chi connectivity index (χ3n) is 4.31. The van der Waals surface area contributed by atoms with E-state index in [9.17, 15) is 5.26 Å². The first-order chi connectivity index (χ1) is 12.0. The molecule has 1 aromatic heterocycles. The highest BCUT2D eigenvalue weighted by Crippen LogP contribution is 2.26. The topological polar surface area (TPSA) is 28.7 Å². The Balaban J connectivity index is 2.08. The molecule has 0 N–H and O–H groups in total. The van der Waals surface area contributed by atoms with E-state index in [0.29, 0.717) is 5.57 Å². The average molecular weight is 391 g/mol. The van der Waals surface area contributed by atoms with E-state index >= 15 is 0 Å². The van der Waals surface area contributed by atoms with E-state index in [1.807, 2.05) is 30.3 Å². The maximum atomic E-state index is 9.59.